The molecule has 1 aliphatic heterocycles. The average Bonchev–Trinajstić information content (AvgIpc) is 2.93. The topological polar surface area (TPSA) is 77.7 Å². The van der Waals surface area contributed by atoms with Crippen molar-refractivity contribution in [3.63, 3.8) is 0 Å². The largest absolute Gasteiger partial charge is 0.377 e. The molecule has 2 heterocycles. The quantitative estimate of drug-likeness (QED) is 0.840. The lowest BCUT2D eigenvalue weighted by atomic mass is 9.64. The van der Waals surface area contributed by atoms with Gasteiger partial charge in [0, 0.05) is 19.6 Å². The maximum absolute atomic E-state index is 12.7. The fourth-order valence-electron chi connectivity index (χ4n) is 3.35. The van der Waals surface area contributed by atoms with Crippen LogP contribution in [0.1, 0.15) is 44.4 Å². The molecule has 0 radical (unpaired) electrons. The molecule has 22 heavy (non-hydrogen) atoms. The van der Waals surface area contributed by atoms with Crippen molar-refractivity contribution in [2.45, 2.75) is 39.3 Å². The van der Waals surface area contributed by atoms with E-state index in [0.29, 0.717) is 31.5 Å². The molecular formula is C15H23N3O4. The highest BCUT2D eigenvalue weighted by Gasteiger charge is 2.44. The first-order chi connectivity index (χ1) is 10.5. The van der Waals surface area contributed by atoms with Crippen LogP contribution in [0.25, 0.3) is 0 Å². The van der Waals surface area contributed by atoms with Gasteiger partial charge in [0.15, 0.2) is 5.82 Å². The van der Waals surface area contributed by atoms with Crippen molar-refractivity contribution in [1.29, 1.82) is 0 Å². The summed E-state index contributed by atoms with van der Waals surface area (Å²) in [6.45, 7) is 6.21. The Labute approximate surface area is 129 Å². The second-order valence-corrected chi connectivity index (χ2v) is 6.87. The van der Waals surface area contributed by atoms with Gasteiger partial charge in [-0.2, -0.15) is 4.98 Å². The highest BCUT2D eigenvalue weighted by Crippen LogP contribution is 2.46. The Balaban J connectivity index is 1.72. The van der Waals surface area contributed by atoms with Crippen LogP contribution in [0.5, 0.6) is 0 Å². The van der Waals surface area contributed by atoms with Crippen LogP contribution in [-0.4, -0.2) is 47.8 Å². The van der Waals surface area contributed by atoms with E-state index >= 15 is 0 Å². The molecule has 1 aliphatic carbocycles. The van der Waals surface area contributed by atoms with Gasteiger partial charge in [0.25, 0.3) is 5.89 Å². The minimum absolute atomic E-state index is 0.112. The van der Waals surface area contributed by atoms with Crippen molar-refractivity contribution in [3.05, 3.63) is 11.7 Å². The van der Waals surface area contributed by atoms with Crippen LogP contribution in [0.3, 0.4) is 0 Å². The number of amides is 1. The summed E-state index contributed by atoms with van der Waals surface area (Å²) in [5, 5.41) is 3.98. The Kier molecular flexibility index (Phi) is 4.18. The minimum atomic E-state index is -0.265. The number of carbonyl (C=O) groups is 1. The number of morpholine rings is 1. The number of ether oxygens (including phenoxy) is 2. The SMILES string of the molecule is COCc1nc(C2COCCN2C(=O)C2CC(C)(C)C2)no1. The fraction of sp³-hybridized carbons (Fsp3) is 0.800. The van der Waals surface area contributed by atoms with E-state index in [1.165, 1.54) is 0 Å². The van der Waals surface area contributed by atoms with Gasteiger partial charge in [-0.25, -0.2) is 0 Å². The van der Waals surface area contributed by atoms with Crippen LogP contribution in [0.4, 0.5) is 0 Å². The predicted octanol–water partition coefficient (Wildman–Crippen LogP) is 1.55. The molecule has 1 saturated heterocycles. The molecule has 0 spiro atoms. The zero-order valence-corrected chi connectivity index (χ0v) is 13.4. The van der Waals surface area contributed by atoms with Crippen LogP contribution in [0, 0.1) is 11.3 Å². The summed E-state index contributed by atoms with van der Waals surface area (Å²) in [4.78, 5) is 18.9. The van der Waals surface area contributed by atoms with Crippen LogP contribution in [0.15, 0.2) is 4.52 Å². The molecule has 2 aliphatic rings. The molecule has 7 nitrogen and oxygen atoms in total. The van der Waals surface area contributed by atoms with Crippen molar-refractivity contribution in [2.24, 2.45) is 11.3 Å². The molecule has 0 bridgehead atoms. The van der Waals surface area contributed by atoms with Crippen molar-refractivity contribution >= 4 is 5.91 Å². The molecule has 2 fully saturated rings. The molecule has 1 aromatic heterocycles. The molecule has 1 atom stereocenters. The van der Waals surface area contributed by atoms with Gasteiger partial charge in [-0.05, 0) is 18.3 Å². The van der Waals surface area contributed by atoms with Crippen LogP contribution >= 0.6 is 0 Å². The summed E-state index contributed by atoms with van der Waals surface area (Å²) in [5.41, 5.74) is 0.278. The first-order valence-electron chi connectivity index (χ1n) is 7.70. The lowest BCUT2D eigenvalue weighted by molar-refractivity contribution is -0.152. The van der Waals surface area contributed by atoms with Crippen molar-refractivity contribution in [1.82, 2.24) is 15.0 Å². The van der Waals surface area contributed by atoms with Gasteiger partial charge < -0.3 is 18.9 Å². The Morgan fingerprint density at radius 2 is 2.23 bits per heavy atom. The van der Waals surface area contributed by atoms with Crippen LogP contribution in [0.2, 0.25) is 0 Å². The second-order valence-electron chi connectivity index (χ2n) is 6.87. The van der Waals surface area contributed by atoms with E-state index in [9.17, 15) is 4.79 Å². The molecule has 7 heteroatoms. The van der Waals surface area contributed by atoms with E-state index in [1.807, 2.05) is 4.90 Å². The molecule has 0 N–H and O–H groups in total. The van der Waals surface area contributed by atoms with Gasteiger partial charge in [-0.1, -0.05) is 19.0 Å². The van der Waals surface area contributed by atoms with E-state index < -0.39 is 0 Å². The number of hydrogen-bond acceptors (Lipinski definition) is 6. The average molecular weight is 309 g/mol. The summed E-state index contributed by atoms with van der Waals surface area (Å²) in [6.07, 6.45) is 1.88. The standard InChI is InChI=1S/C15H23N3O4/c1-15(2)6-10(7-15)14(19)18-4-5-21-8-11(18)13-16-12(9-20-3)22-17-13/h10-11H,4-9H2,1-3H3. The number of carbonyl (C=O) groups excluding carboxylic acids is 1. The highest BCUT2D eigenvalue weighted by molar-refractivity contribution is 5.80. The summed E-state index contributed by atoms with van der Waals surface area (Å²) in [7, 11) is 1.57. The van der Waals surface area contributed by atoms with Crippen molar-refractivity contribution < 1.29 is 18.8 Å². The zero-order chi connectivity index (χ0) is 15.7. The summed E-state index contributed by atoms with van der Waals surface area (Å²) < 4.78 is 15.6. The Hall–Kier alpha value is -1.47. The number of methoxy groups -OCH3 is 1. The molecule has 0 aromatic carbocycles. The molecular weight excluding hydrogens is 286 g/mol. The van der Waals surface area contributed by atoms with Crippen molar-refractivity contribution in [2.75, 3.05) is 26.9 Å². The summed E-state index contributed by atoms with van der Waals surface area (Å²) in [5.74, 6) is 1.21. The van der Waals surface area contributed by atoms with Gasteiger partial charge in [0.2, 0.25) is 5.91 Å². The summed E-state index contributed by atoms with van der Waals surface area (Å²) >= 11 is 0. The van der Waals surface area contributed by atoms with E-state index in [4.69, 9.17) is 14.0 Å². The second kappa shape index (κ2) is 5.96. The number of rotatable bonds is 4. The monoisotopic (exact) mass is 309 g/mol. The van der Waals surface area contributed by atoms with Gasteiger partial charge in [0.05, 0.1) is 13.2 Å². The first-order valence-corrected chi connectivity index (χ1v) is 7.70. The molecule has 1 amide bonds. The minimum Gasteiger partial charge on any atom is -0.377 e. The Bertz CT molecular complexity index is 535. The lowest BCUT2D eigenvalue weighted by Crippen LogP contribution is -2.50. The third-order valence-corrected chi connectivity index (χ3v) is 4.41. The number of nitrogens with zero attached hydrogens (tertiary/aromatic N) is 3. The third kappa shape index (κ3) is 3.01. The fourth-order valence-corrected chi connectivity index (χ4v) is 3.35. The zero-order valence-electron chi connectivity index (χ0n) is 13.4. The van der Waals surface area contributed by atoms with E-state index in [-0.39, 0.29) is 29.9 Å². The first kappa shape index (κ1) is 15.4. The van der Waals surface area contributed by atoms with Crippen LogP contribution in [-0.2, 0) is 20.9 Å². The highest BCUT2D eigenvalue weighted by atomic mass is 16.5. The van der Waals surface area contributed by atoms with Gasteiger partial charge in [0.1, 0.15) is 12.6 Å². The third-order valence-electron chi connectivity index (χ3n) is 4.41. The molecule has 1 unspecified atom stereocenters. The number of aromatic nitrogens is 2. The molecule has 3 rings (SSSR count). The van der Waals surface area contributed by atoms with Crippen LogP contribution < -0.4 is 0 Å². The normalized spacial score (nSPS) is 25.0. The Morgan fingerprint density at radius 3 is 2.91 bits per heavy atom. The van der Waals surface area contributed by atoms with Gasteiger partial charge in [-0.15, -0.1) is 0 Å². The smallest absolute Gasteiger partial charge is 0.252 e. The van der Waals surface area contributed by atoms with E-state index in [0.717, 1.165) is 12.8 Å². The van der Waals surface area contributed by atoms with Crippen molar-refractivity contribution in [3.8, 4) is 0 Å². The summed E-state index contributed by atoms with van der Waals surface area (Å²) in [6, 6.07) is -0.265. The number of hydrogen-bond donors (Lipinski definition) is 0. The predicted molar refractivity (Wildman–Crippen MR) is 76.8 cm³/mol. The van der Waals surface area contributed by atoms with Gasteiger partial charge in [-0.3, -0.25) is 4.79 Å². The molecule has 122 valence electrons. The molecule has 1 saturated carbocycles. The Morgan fingerprint density at radius 1 is 1.45 bits per heavy atom. The lowest BCUT2D eigenvalue weighted by Gasteiger charge is -2.45. The van der Waals surface area contributed by atoms with E-state index in [1.54, 1.807) is 7.11 Å². The maximum Gasteiger partial charge on any atom is 0.252 e. The molecule has 1 aromatic rings. The van der Waals surface area contributed by atoms with E-state index in [2.05, 4.69) is 24.0 Å². The van der Waals surface area contributed by atoms with Gasteiger partial charge >= 0.3 is 0 Å². The maximum atomic E-state index is 12.7.